The summed E-state index contributed by atoms with van der Waals surface area (Å²) in [5.41, 5.74) is 1.69. The average Bonchev–Trinajstić information content (AvgIpc) is 3.08. The molecule has 0 unspecified atom stereocenters. The Morgan fingerprint density at radius 1 is 1.23 bits per heavy atom. The first-order chi connectivity index (χ1) is 16.5. The molecule has 2 aromatic heterocycles. The van der Waals surface area contributed by atoms with Crippen molar-refractivity contribution >= 4 is 41.9 Å². The number of carbonyl (C=O) groups is 3. The summed E-state index contributed by atoms with van der Waals surface area (Å²) in [5, 5.41) is 3.24. The molecule has 3 heterocycles. The summed E-state index contributed by atoms with van der Waals surface area (Å²) in [6.07, 6.45) is 1.31. The number of rotatable bonds is 8. The summed E-state index contributed by atoms with van der Waals surface area (Å²) in [6, 6.07) is 9.32. The molecule has 0 spiro atoms. The maximum atomic E-state index is 13.0. The van der Waals surface area contributed by atoms with Gasteiger partial charge in [0.1, 0.15) is 24.2 Å². The SMILES string of the molecule is CC(=O)c1cn(CC(=O)N2CC[C@H]2C(=O)Nc2cccc(C)n2)c2ccc(OCP(=O)(O)O)cc12. The van der Waals surface area contributed by atoms with Crippen LogP contribution < -0.4 is 10.1 Å². The average molecular weight is 500 g/mol. The molecule has 2 amide bonds. The molecular weight excluding hydrogens is 475 g/mol. The number of pyridine rings is 1. The highest BCUT2D eigenvalue weighted by Crippen LogP contribution is 2.35. The lowest BCUT2D eigenvalue weighted by atomic mass is 10.0. The second kappa shape index (κ2) is 9.61. The zero-order chi connectivity index (χ0) is 25.3. The number of ether oxygens (including phenoxy) is 1. The smallest absolute Gasteiger partial charge is 0.362 e. The fourth-order valence-electron chi connectivity index (χ4n) is 3.95. The third-order valence-corrected chi connectivity index (χ3v) is 6.18. The van der Waals surface area contributed by atoms with Crippen LogP contribution in [0.5, 0.6) is 5.75 Å². The van der Waals surface area contributed by atoms with E-state index in [1.165, 1.54) is 24.0 Å². The van der Waals surface area contributed by atoms with E-state index in [9.17, 15) is 18.9 Å². The maximum Gasteiger partial charge on any atom is 0.362 e. The number of aromatic nitrogens is 2. The van der Waals surface area contributed by atoms with Gasteiger partial charge in [0.15, 0.2) is 12.1 Å². The van der Waals surface area contributed by atoms with E-state index in [-0.39, 0.29) is 29.9 Å². The number of hydrogen-bond donors (Lipinski definition) is 3. The van der Waals surface area contributed by atoms with Crippen LogP contribution in [-0.4, -0.2) is 60.8 Å². The summed E-state index contributed by atoms with van der Waals surface area (Å²) in [4.78, 5) is 61.7. The van der Waals surface area contributed by atoms with Gasteiger partial charge in [0, 0.05) is 34.9 Å². The highest BCUT2D eigenvalue weighted by molar-refractivity contribution is 7.51. The first kappa shape index (κ1) is 24.6. The van der Waals surface area contributed by atoms with Gasteiger partial charge in [0.05, 0.1) is 0 Å². The van der Waals surface area contributed by atoms with Crippen molar-refractivity contribution in [2.24, 2.45) is 0 Å². The normalized spacial score (nSPS) is 15.5. The summed E-state index contributed by atoms with van der Waals surface area (Å²) in [7, 11) is -4.36. The highest BCUT2D eigenvalue weighted by Gasteiger charge is 2.37. The summed E-state index contributed by atoms with van der Waals surface area (Å²) < 4.78 is 17.9. The Morgan fingerprint density at radius 2 is 2.00 bits per heavy atom. The predicted molar refractivity (Wildman–Crippen MR) is 127 cm³/mol. The number of likely N-dealkylation sites (tertiary alicyclic amines) is 1. The van der Waals surface area contributed by atoms with E-state index < -0.39 is 20.0 Å². The number of aryl methyl sites for hydroxylation is 1. The van der Waals surface area contributed by atoms with E-state index in [2.05, 4.69) is 10.3 Å². The predicted octanol–water partition coefficient (Wildman–Crippen LogP) is 2.30. The summed E-state index contributed by atoms with van der Waals surface area (Å²) >= 11 is 0. The Morgan fingerprint density at radius 3 is 2.63 bits per heavy atom. The molecule has 1 saturated heterocycles. The number of nitrogens with one attached hydrogen (secondary N) is 1. The van der Waals surface area contributed by atoms with Crippen molar-refractivity contribution in [2.45, 2.75) is 32.9 Å². The Labute approximate surface area is 200 Å². The van der Waals surface area contributed by atoms with E-state index in [1.807, 2.05) is 13.0 Å². The molecule has 3 aromatic rings. The van der Waals surface area contributed by atoms with Crippen LogP contribution in [0.25, 0.3) is 10.9 Å². The molecule has 1 aliphatic heterocycles. The van der Waals surface area contributed by atoms with Crippen molar-refractivity contribution < 1.29 is 33.5 Å². The van der Waals surface area contributed by atoms with Crippen molar-refractivity contribution in [1.29, 1.82) is 0 Å². The monoisotopic (exact) mass is 500 g/mol. The summed E-state index contributed by atoms with van der Waals surface area (Å²) in [5.74, 6) is -0.204. The van der Waals surface area contributed by atoms with Crippen molar-refractivity contribution in [1.82, 2.24) is 14.5 Å². The summed E-state index contributed by atoms with van der Waals surface area (Å²) in [6.45, 7) is 3.56. The molecule has 12 heteroatoms. The highest BCUT2D eigenvalue weighted by atomic mass is 31.2. The Hall–Kier alpha value is -3.53. The molecule has 184 valence electrons. The number of carbonyl (C=O) groups excluding carboxylic acids is 3. The van der Waals surface area contributed by atoms with Gasteiger partial charge in [0.25, 0.3) is 0 Å². The fraction of sp³-hybridized carbons (Fsp3) is 0.304. The number of fused-ring (bicyclic) bond motifs is 1. The Balaban J connectivity index is 1.50. The minimum Gasteiger partial charge on any atom is -0.481 e. The van der Waals surface area contributed by atoms with Crippen molar-refractivity contribution in [3.63, 3.8) is 0 Å². The molecule has 0 saturated carbocycles. The molecule has 4 rings (SSSR count). The van der Waals surface area contributed by atoms with Gasteiger partial charge in [-0.05, 0) is 50.6 Å². The molecule has 1 aliphatic rings. The molecule has 0 radical (unpaired) electrons. The Bertz CT molecular complexity index is 1360. The van der Waals surface area contributed by atoms with Gasteiger partial charge in [-0.15, -0.1) is 0 Å². The number of nitrogens with zero attached hydrogens (tertiary/aromatic N) is 3. The van der Waals surface area contributed by atoms with Crippen LogP contribution in [0.15, 0.2) is 42.6 Å². The van der Waals surface area contributed by atoms with E-state index in [0.717, 1.165) is 5.69 Å². The first-order valence-electron chi connectivity index (χ1n) is 10.9. The third-order valence-electron chi connectivity index (χ3n) is 5.72. The van der Waals surface area contributed by atoms with Crippen molar-refractivity contribution in [2.75, 3.05) is 18.2 Å². The molecule has 3 N–H and O–H groups in total. The number of benzene rings is 1. The quantitative estimate of drug-likeness (QED) is 0.315. The van der Waals surface area contributed by atoms with Crippen molar-refractivity contribution in [3.8, 4) is 5.75 Å². The van der Waals surface area contributed by atoms with Crippen LogP contribution in [0.1, 0.15) is 29.4 Å². The Kier molecular flexibility index (Phi) is 6.75. The zero-order valence-electron chi connectivity index (χ0n) is 19.2. The third kappa shape index (κ3) is 5.59. The van der Waals surface area contributed by atoms with E-state index in [1.54, 1.807) is 29.0 Å². The van der Waals surface area contributed by atoms with Gasteiger partial charge in [-0.2, -0.15) is 0 Å². The molecule has 11 nitrogen and oxygen atoms in total. The van der Waals surface area contributed by atoms with Crippen LogP contribution >= 0.6 is 7.60 Å². The van der Waals surface area contributed by atoms with Gasteiger partial charge in [-0.3, -0.25) is 18.9 Å². The minimum absolute atomic E-state index is 0.0844. The number of Topliss-reactive ketones (excluding diaryl/α,β-unsaturated/α-hetero) is 1. The molecule has 35 heavy (non-hydrogen) atoms. The lowest BCUT2D eigenvalue weighted by Gasteiger charge is -2.39. The topological polar surface area (TPSA) is 151 Å². The maximum absolute atomic E-state index is 13.0. The van der Waals surface area contributed by atoms with Crippen LogP contribution in [0, 0.1) is 6.92 Å². The van der Waals surface area contributed by atoms with Crippen LogP contribution in [0.4, 0.5) is 5.82 Å². The van der Waals surface area contributed by atoms with Gasteiger partial charge in [-0.25, -0.2) is 4.98 Å². The molecule has 1 atom stereocenters. The van der Waals surface area contributed by atoms with Gasteiger partial charge < -0.3 is 29.3 Å². The molecule has 0 aliphatic carbocycles. The number of amides is 2. The molecule has 1 fully saturated rings. The number of ketones is 1. The van der Waals surface area contributed by atoms with E-state index in [4.69, 9.17) is 14.5 Å². The largest absolute Gasteiger partial charge is 0.481 e. The van der Waals surface area contributed by atoms with E-state index in [0.29, 0.717) is 35.2 Å². The lowest BCUT2D eigenvalue weighted by molar-refractivity contribution is -0.145. The zero-order valence-corrected chi connectivity index (χ0v) is 20.1. The van der Waals surface area contributed by atoms with Crippen LogP contribution in [-0.2, 0) is 20.7 Å². The number of anilines is 1. The fourth-order valence-corrected chi connectivity index (χ4v) is 4.27. The first-order valence-corrected chi connectivity index (χ1v) is 12.7. The second-order valence-electron chi connectivity index (χ2n) is 8.39. The molecule has 1 aromatic carbocycles. The van der Waals surface area contributed by atoms with Gasteiger partial charge >= 0.3 is 7.60 Å². The molecule has 0 bridgehead atoms. The van der Waals surface area contributed by atoms with Gasteiger partial charge in [0.2, 0.25) is 11.8 Å². The molecular formula is C23H25N4O7P. The lowest BCUT2D eigenvalue weighted by Crippen LogP contribution is -2.57. The van der Waals surface area contributed by atoms with Gasteiger partial charge in [-0.1, -0.05) is 6.07 Å². The van der Waals surface area contributed by atoms with Crippen LogP contribution in [0.2, 0.25) is 0 Å². The second-order valence-corrected chi connectivity index (χ2v) is 9.98. The minimum atomic E-state index is -4.36. The standard InChI is InChI=1S/C23H25N4O7P/c1-14-4-3-5-21(24-14)25-23(30)20-8-9-27(20)22(29)12-26-11-18(15(2)28)17-10-16(6-7-19(17)26)34-13-35(31,32)33/h3-7,10-11,20H,8-9,12-13H2,1-2H3,(H,24,25,30)(H2,31,32,33)/t20-/m0/s1. The number of hydrogen-bond acceptors (Lipinski definition) is 6. The van der Waals surface area contributed by atoms with Crippen LogP contribution in [0.3, 0.4) is 0 Å². The van der Waals surface area contributed by atoms with E-state index >= 15 is 0 Å². The van der Waals surface area contributed by atoms with Crippen molar-refractivity contribution in [3.05, 3.63) is 53.9 Å².